The Balaban J connectivity index is 2.35. The average molecular weight is 230 g/mol. The Kier molecular flexibility index (Phi) is 3.10. The minimum Gasteiger partial charge on any atom is -0.0625 e. The first-order chi connectivity index (χ1) is 7.81. The van der Waals surface area contributed by atoms with Crippen LogP contribution < -0.4 is 0 Å². The molecule has 1 aliphatic rings. The Morgan fingerprint density at radius 3 is 2.41 bits per heavy atom. The molecular weight excluding hydrogens is 204 g/mol. The fraction of sp³-hybridized carbons (Fsp3) is 0.647. The fourth-order valence-corrected chi connectivity index (χ4v) is 4.23. The zero-order valence-electron chi connectivity index (χ0n) is 12.0. The Labute approximate surface area is 106 Å². The lowest BCUT2D eigenvalue weighted by Crippen LogP contribution is -2.37. The molecule has 0 heteroatoms. The molecule has 1 fully saturated rings. The molecule has 1 saturated carbocycles. The molecule has 2 atom stereocenters. The number of rotatable bonds is 1. The smallest absolute Gasteiger partial charge is 0.00676 e. The van der Waals surface area contributed by atoms with Crippen molar-refractivity contribution in [3.63, 3.8) is 0 Å². The standard InChI is InChI=1S/C17H26/c1-13-7-6-8-15(9-13)17(5)11-14(2)10-16(3,4)12-17/h6-9,14H,10-12H2,1-5H3. The SMILES string of the molecule is Cc1cccc(C2(C)CC(C)CC(C)(C)C2)c1. The van der Waals surface area contributed by atoms with Crippen LogP contribution in [0.1, 0.15) is 58.1 Å². The normalized spacial score (nSPS) is 32.4. The van der Waals surface area contributed by atoms with E-state index in [0.717, 1.165) is 5.92 Å². The summed E-state index contributed by atoms with van der Waals surface area (Å²) in [5.41, 5.74) is 3.78. The molecule has 0 nitrogen and oxygen atoms in total. The first-order valence-corrected chi connectivity index (χ1v) is 6.88. The fourth-order valence-electron chi connectivity index (χ4n) is 4.23. The molecule has 1 aromatic carbocycles. The van der Waals surface area contributed by atoms with Crippen LogP contribution in [0, 0.1) is 18.3 Å². The predicted molar refractivity (Wildman–Crippen MR) is 75.3 cm³/mol. The summed E-state index contributed by atoms with van der Waals surface area (Å²) in [6.07, 6.45) is 4.02. The molecule has 94 valence electrons. The Morgan fingerprint density at radius 2 is 1.82 bits per heavy atom. The number of benzene rings is 1. The highest BCUT2D eigenvalue weighted by Gasteiger charge is 2.40. The second kappa shape index (κ2) is 4.15. The van der Waals surface area contributed by atoms with E-state index in [9.17, 15) is 0 Å². The summed E-state index contributed by atoms with van der Waals surface area (Å²) in [6, 6.07) is 9.11. The van der Waals surface area contributed by atoms with Gasteiger partial charge in [-0.2, -0.15) is 0 Å². The summed E-state index contributed by atoms with van der Waals surface area (Å²) >= 11 is 0. The van der Waals surface area contributed by atoms with Crippen LogP contribution in [0.4, 0.5) is 0 Å². The van der Waals surface area contributed by atoms with E-state index < -0.39 is 0 Å². The topological polar surface area (TPSA) is 0 Å². The summed E-state index contributed by atoms with van der Waals surface area (Å²) in [6.45, 7) is 11.9. The Bertz CT molecular complexity index is 402. The molecule has 1 aromatic rings. The molecule has 0 N–H and O–H groups in total. The summed E-state index contributed by atoms with van der Waals surface area (Å²) in [5.74, 6) is 0.837. The van der Waals surface area contributed by atoms with Gasteiger partial charge < -0.3 is 0 Å². The van der Waals surface area contributed by atoms with Crippen LogP contribution in [-0.2, 0) is 5.41 Å². The van der Waals surface area contributed by atoms with Gasteiger partial charge in [-0.05, 0) is 48.5 Å². The highest BCUT2D eigenvalue weighted by molar-refractivity contribution is 5.30. The van der Waals surface area contributed by atoms with Crippen molar-refractivity contribution in [3.8, 4) is 0 Å². The molecule has 0 bridgehead atoms. The number of aryl methyl sites for hydroxylation is 1. The van der Waals surface area contributed by atoms with Gasteiger partial charge in [-0.25, -0.2) is 0 Å². The molecule has 2 unspecified atom stereocenters. The van der Waals surface area contributed by atoms with Gasteiger partial charge in [0.25, 0.3) is 0 Å². The maximum atomic E-state index is 2.46. The van der Waals surface area contributed by atoms with Crippen molar-refractivity contribution in [3.05, 3.63) is 35.4 Å². The van der Waals surface area contributed by atoms with Crippen molar-refractivity contribution in [1.29, 1.82) is 0 Å². The summed E-state index contributed by atoms with van der Waals surface area (Å²) in [4.78, 5) is 0. The molecule has 1 aliphatic carbocycles. The molecule has 0 amide bonds. The van der Waals surface area contributed by atoms with E-state index in [1.54, 1.807) is 0 Å². The second-order valence-electron chi connectivity index (χ2n) is 7.28. The van der Waals surface area contributed by atoms with Crippen LogP contribution in [0.5, 0.6) is 0 Å². The van der Waals surface area contributed by atoms with Crippen LogP contribution in [0.25, 0.3) is 0 Å². The zero-order chi connectivity index (χ0) is 12.7. The van der Waals surface area contributed by atoms with E-state index in [-0.39, 0.29) is 0 Å². The first-order valence-electron chi connectivity index (χ1n) is 6.88. The van der Waals surface area contributed by atoms with E-state index in [1.807, 2.05) is 0 Å². The zero-order valence-corrected chi connectivity index (χ0v) is 12.0. The molecule has 0 saturated heterocycles. The van der Waals surface area contributed by atoms with Gasteiger partial charge in [0.05, 0.1) is 0 Å². The third-order valence-corrected chi connectivity index (χ3v) is 4.28. The van der Waals surface area contributed by atoms with Crippen molar-refractivity contribution in [2.75, 3.05) is 0 Å². The van der Waals surface area contributed by atoms with Gasteiger partial charge in [0.2, 0.25) is 0 Å². The third kappa shape index (κ3) is 2.73. The second-order valence-corrected chi connectivity index (χ2v) is 7.28. The molecule has 0 aliphatic heterocycles. The molecule has 0 heterocycles. The predicted octanol–water partition coefficient (Wildman–Crippen LogP) is 5.10. The van der Waals surface area contributed by atoms with Crippen molar-refractivity contribution in [2.24, 2.45) is 11.3 Å². The molecule has 17 heavy (non-hydrogen) atoms. The van der Waals surface area contributed by atoms with Gasteiger partial charge in [-0.15, -0.1) is 0 Å². The highest BCUT2D eigenvalue weighted by Crippen LogP contribution is 2.49. The van der Waals surface area contributed by atoms with Gasteiger partial charge in [-0.1, -0.05) is 57.5 Å². The molecule has 0 radical (unpaired) electrons. The van der Waals surface area contributed by atoms with E-state index in [1.165, 1.54) is 30.4 Å². The number of hydrogen-bond acceptors (Lipinski definition) is 0. The minimum absolute atomic E-state index is 0.368. The minimum atomic E-state index is 0.368. The van der Waals surface area contributed by atoms with Crippen molar-refractivity contribution in [1.82, 2.24) is 0 Å². The van der Waals surface area contributed by atoms with Gasteiger partial charge in [0, 0.05) is 0 Å². The van der Waals surface area contributed by atoms with Gasteiger partial charge in [-0.3, -0.25) is 0 Å². The van der Waals surface area contributed by atoms with E-state index in [0.29, 0.717) is 10.8 Å². The summed E-state index contributed by atoms with van der Waals surface area (Å²) < 4.78 is 0. The van der Waals surface area contributed by atoms with Crippen molar-refractivity contribution >= 4 is 0 Å². The highest BCUT2D eigenvalue weighted by atomic mass is 14.4. The monoisotopic (exact) mass is 230 g/mol. The third-order valence-electron chi connectivity index (χ3n) is 4.28. The largest absolute Gasteiger partial charge is 0.0625 e. The lowest BCUT2D eigenvalue weighted by molar-refractivity contribution is 0.115. The first kappa shape index (κ1) is 12.7. The molecule has 0 aromatic heterocycles. The van der Waals surface area contributed by atoms with Crippen LogP contribution in [0.15, 0.2) is 24.3 Å². The van der Waals surface area contributed by atoms with E-state index in [2.05, 4.69) is 58.9 Å². The molecule has 2 rings (SSSR count). The molecule has 0 spiro atoms. The van der Waals surface area contributed by atoms with Gasteiger partial charge in [0.1, 0.15) is 0 Å². The molecular formula is C17H26. The van der Waals surface area contributed by atoms with Crippen LogP contribution in [0.3, 0.4) is 0 Å². The van der Waals surface area contributed by atoms with Gasteiger partial charge in [0.15, 0.2) is 0 Å². The Morgan fingerprint density at radius 1 is 1.12 bits per heavy atom. The quantitative estimate of drug-likeness (QED) is 0.629. The van der Waals surface area contributed by atoms with Gasteiger partial charge >= 0.3 is 0 Å². The number of hydrogen-bond donors (Lipinski definition) is 0. The van der Waals surface area contributed by atoms with Crippen LogP contribution in [-0.4, -0.2) is 0 Å². The summed E-state index contributed by atoms with van der Waals surface area (Å²) in [7, 11) is 0. The lowest BCUT2D eigenvalue weighted by Gasteiger charge is -2.46. The maximum Gasteiger partial charge on any atom is -0.00676 e. The van der Waals surface area contributed by atoms with Crippen LogP contribution >= 0.6 is 0 Å². The average Bonchev–Trinajstić information content (AvgIpc) is 2.13. The maximum absolute atomic E-state index is 2.46. The van der Waals surface area contributed by atoms with E-state index >= 15 is 0 Å². The van der Waals surface area contributed by atoms with E-state index in [4.69, 9.17) is 0 Å². The Hall–Kier alpha value is -0.780. The van der Waals surface area contributed by atoms with Crippen molar-refractivity contribution < 1.29 is 0 Å². The lowest BCUT2D eigenvalue weighted by atomic mass is 9.59. The van der Waals surface area contributed by atoms with Crippen LogP contribution in [0.2, 0.25) is 0 Å². The van der Waals surface area contributed by atoms with Crippen molar-refractivity contribution in [2.45, 2.75) is 59.3 Å². The summed E-state index contributed by atoms with van der Waals surface area (Å²) in [5, 5.41) is 0.